The van der Waals surface area contributed by atoms with Gasteiger partial charge in [-0.3, -0.25) is 14.3 Å². The van der Waals surface area contributed by atoms with E-state index in [1.807, 2.05) is 42.8 Å². The van der Waals surface area contributed by atoms with Crippen molar-refractivity contribution in [2.24, 2.45) is 5.92 Å². The molecule has 0 saturated carbocycles. The highest BCUT2D eigenvalue weighted by Gasteiger charge is 2.22. The summed E-state index contributed by atoms with van der Waals surface area (Å²) >= 11 is 0. The zero-order chi connectivity index (χ0) is 20.7. The van der Waals surface area contributed by atoms with E-state index >= 15 is 0 Å². The molecule has 0 radical (unpaired) electrons. The molecular weight excluding hydrogens is 358 g/mol. The fourth-order valence-electron chi connectivity index (χ4n) is 3.18. The van der Waals surface area contributed by atoms with Crippen LogP contribution < -0.4 is 10.1 Å². The molecule has 1 atom stereocenters. The Bertz CT molecular complexity index is 812. The lowest BCUT2D eigenvalue weighted by atomic mass is 9.99. The number of benzene rings is 1. The molecule has 2 N–H and O–H groups in total. The summed E-state index contributed by atoms with van der Waals surface area (Å²) in [5, 5.41) is 16.7. The van der Waals surface area contributed by atoms with E-state index in [4.69, 9.17) is 4.74 Å². The third-order valence-corrected chi connectivity index (χ3v) is 4.62. The van der Waals surface area contributed by atoms with Crippen molar-refractivity contribution in [2.75, 3.05) is 13.2 Å². The number of carboxylic acids is 1. The van der Waals surface area contributed by atoms with Crippen LogP contribution in [-0.2, 0) is 17.8 Å². The van der Waals surface area contributed by atoms with E-state index in [-0.39, 0.29) is 12.5 Å². The number of amides is 1. The number of hydrogen-bond donors (Lipinski definition) is 2. The molecule has 0 saturated heterocycles. The van der Waals surface area contributed by atoms with Crippen LogP contribution in [0.2, 0.25) is 0 Å². The molecule has 1 unspecified atom stereocenters. The summed E-state index contributed by atoms with van der Waals surface area (Å²) in [6.07, 6.45) is 1.25. The predicted octanol–water partition coefficient (Wildman–Crippen LogP) is 2.98. The number of carbonyl (C=O) groups is 2. The summed E-state index contributed by atoms with van der Waals surface area (Å²) in [4.78, 5) is 24.3. The van der Waals surface area contributed by atoms with Crippen molar-refractivity contribution < 1.29 is 19.4 Å². The Labute approximate surface area is 165 Å². The van der Waals surface area contributed by atoms with Gasteiger partial charge >= 0.3 is 5.97 Å². The lowest BCUT2D eigenvalue weighted by Crippen LogP contribution is -2.34. The molecule has 28 heavy (non-hydrogen) atoms. The lowest BCUT2D eigenvalue weighted by Gasteiger charge is -2.14. The smallest absolute Gasteiger partial charge is 0.308 e. The average Bonchev–Trinajstić information content (AvgIpc) is 2.93. The number of rotatable bonds is 10. The van der Waals surface area contributed by atoms with Gasteiger partial charge in [-0.25, -0.2) is 0 Å². The van der Waals surface area contributed by atoms with Crippen LogP contribution in [0.25, 0.3) is 0 Å². The van der Waals surface area contributed by atoms with Gasteiger partial charge in [0.25, 0.3) is 5.91 Å². The molecule has 0 fully saturated rings. The Morgan fingerprint density at radius 3 is 2.46 bits per heavy atom. The van der Waals surface area contributed by atoms with Crippen molar-refractivity contribution in [1.29, 1.82) is 0 Å². The number of aliphatic carboxylic acids is 1. The van der Waals surface area contributed by atoms with Gasteiger partial charge in [0.1, 0.15) is 5.75 Å². The summed E-state index contributed by atoms with van der Waals surface area (Å²) in [7, 11) is 0. The van der Waals surface area contributed by atoms with Gasteiger partial charge in [0.15, 0.2) is 0 Å². The van der Waals surface area contributed by atoms with Gasteiger partial charge < -0.3 is 15.2 Å². The fraction of sp³-hybridized carbons (Fsp3) is 0.476. The zero-order valence-electron chi connectivity index (χ0n) is 17.0. The molecule has 0 bridgehead atoms. The molecule has 0 aliphatic heterocycles. The summed E-state index contributed by atoms with van der Waals surface area (Å²) in [5.74, 6) is -1.19. The number of ether oxygens (including phenoxy) is 1. The molecule has 0 spiro atoms. The third-order valence-electron chi connectivity index (χ3n) is 4.62. The Morgan fingerprint density at radius 1 is 1.21 bits per heavy atom. The first-order chi connectivity index (χ1) is 13.4. The molecule has 1 heterocycles. The molecule has 2 aromatic rings. The number of hydrogen-bond acceptors (Lipinski definition) is 4. The first-order valence-corrected chi connectivity index (χ1v) is 9.64. The van der Waals surface area contributed by atoms with Crippen LogP contribution in [0.3, 0.4) is 0 Å². The Kier molecular flexibility index (Phi) is 7.61. The van der Waals surface area contributed by atoms with Crippen molar-refractivity contribution >= 4 is 11.9 Å². The minimum atomic E-state index is -0.940. The maximum atomic E-state index is 12.6. The van der Waals surface area contributed by atoms with E-state index in [1.165, 1.54) is 0 Å². The van der Waals surface area contributed by atoms with E-state index in [2.05, 4.69) is 17.3 Å². The molecule has 152 valence electrons. The van der Waals surface area contributed by atoms with E-state index in [0.717, 1.165) is 30.0 Å². The maximum absolute atomic E-state index is 12.6. The minimum absolute atomic E-state index is 0.0548. The minimum Gasteiger partial charge on any atom is -0.494 e. The monoisotopic (exact) mass is 387 g/mol. The number of carbonyl (C=O) groups excluding carboxylic acids is 1. The largest absolute Gasteiger partial charge is 0.494 e. The first kappa shape index (κ1) is 21.5. The van der Waals surface area contributed by atoms with Crippen LogP contribution >= 0.6 is 0 Å². The molecule has 7 nitrogen and oxygen atoms in total. The molecule has 0 aliphatic rings. The number of nitrogens with one attached hydrogen (secondary N) is 1. The second-order valence-electron chi connectivity index (χ2n) is 6.80. The zero-order valence-corrected chi connectivity index (χ0v) is 17.0. The van der Waals surface area contributed by atoms with Crippen LogP contribution in [0.4, 0.5) is 0 Å². The van der Waals surface area contributed by atoms with Crippen LogP contribution in [0.15, 0.2) is 24.3 Å². The van der Waals surface area contributed by atoms with E-state index in [0.29, 0.717) is 24.3 Å². The van der Waals surface area contributed by atoms with Gasteiger partial charge in [0.2, 0.25) is 0 Å². The summed E-state index contributed by atoms with van der Waals surface area (Å²) in [5.41, 5.74) is 2.86. The van der Waals surface area contributed by atoms with Crippen molar-refractivity contribution in [2.45, 2.75) is 47.1 Å². The Hall–Kier alpha value is -2.83. The van der Waals surface area contributed by atoms with Crippen LogP contribution in [-0.4, -0.2) is 39.9 Å². The van der Waals surface area contributed by atoms with Crippen LogP contribution in [0.5, 0.6) is 5.75 Å². The van der Waals surface area contributed by atoms with Crippen molar-refractivity contribution in [3.8, 4) is 5.75 Å². The first-order valence-electron chi connectivity index (χ1n) is 9.64. The normalized spacial score (nSPS) is 11.9. The number of nitrogens with zero attached hydrogens (tertiary/aromatic N) is 2. The second kappa shape index (κ2) is 9.92. The molecule has 1 amide bonds. The maximum Gasteiger partial charge on any atom is 0.308 e. The van der Waals surface area contributed by atoms with Crippen molar-refractivity contribution in [3.05, 3.63) is 46.8 Å². The second-order valence-corrected chi connectivity index (χ2v) is 6.80. The Balaban J connectivity index is 2.03. The number of carboxylic acid groups (broad SMARTS) is 1. The van der Waals surface area contributed by atoms with Crippen LogP contribution in [0.1, 0.15) is 47.6 Å². The molecule has 1 aromatic heterocycles. The van der Waals surface area contributed by atoms with Gasteiger partial charge in [0, 0.05) is 18.8 Å². The van der Waals surface area contributed by atoms with Crippen LogP contribution in [0, 0.1) is 19.8 Å². The highest BCUT2D eigenvalue weighted by Crippen LogP contribution is 2.17. The highest BCUT2D eigenvalue weighted by atomic mass is 16.5. The predicted molar refractivity (Wildman–Crippen MR) is 107 cm³/mol. The number of aryl methyl sites for hydroxylation is 2. The Morgan fingerprint density at radius 2 is 1.89 bits per heavy atom. The van der Waals surface area contributed by atoms with Gasteiger partial charge in [-0.1, -0.05) is 19.1 Å². The topological polar surface area (TPSA) is 93.5 Å². The van der Waals surface area contributed by atoms with E-state index in [1.54, 1.807) is 6.92 Å². The molecule has 2 rings (SSSR count). The highest BCUT2D eigenvalue weighted by molar-refractivity contribution is 5.96. The standard InChI is InChI=1S/C21H29N3O4/c1-5-11-24-15(4)19(14(3)23-24)20(25)22-13-17(21(26)27)12-16-7-9-18(10-8-16)28-6-2/h7-10,17H,5-6,11-13H2,1-4H3,(H,22,25)(H,26,27). The molecule has 7 heteroatoms. The van der Waals surface area contributed by atoms with E-state index in [9.17, 15) is 14.7 Å². The van der Waals surface area contributed by atoms with Gasteiger partial charge in [-0.05, 0) is 51.3 Å². The van der Waals surface area contributed by atoms with Crippen molar-refractivity contribution in [1.82, 2.24) is 15.1 Å². The van der Waals surface area contributed by atoms with Gasteiger partial charge in [-0.2, -0.15) is 5.10 Å². The number of aromatic nitrogens is 2. The third kappa shape index (κ3) is 5.34. The fourth-order valence-corrected chi connectivity index (χ4v) is 3.18. The average molecular weight is 387 g/mol. The molecule has 1 aromatic carbocycles. The molecular formula is C21H29N3O4. The summed E-state index contributed by atoms with van der Waals surface area (Å²) < 4.78 is 7.22. The quantitative estimate of drug-likeness (QED) is 0.654. The summed E-state index contributed by atoms with van der Waals surface area (Å²) in [6.45, 7) is 8.99. The lowest BCUT2D eigenvalue weighted by molar-refractivity contribution is -0.141. The SMILES string of the molecule is CCCn1nc(C)c(C(=O)NCC(Cc2ccc(OCC)cc2)C(=O)O)c1C. The van der Waals surface area contributed by atoms with Gasteiger partial charge in [0.05, 0.1) is 23.8 Å². The van der Waals surface area contributed by atoms with Crippen molar-refractivity contribution in [3.63, 3.8) is 0 Å². The molecule has 0 aliphatic carbocycles. The summed E-state index contributed by atoms with van der Waals surface area (Å²) in [6, 6.07) is 7.36. The van der Waals surface area contributed by atoms with Gasteiger partial charge in [-0.15, -0.1) is 0 Å². The van der Waals surface area contributed by atoms with E-state index < -0.39 is 11.9 Å².